The van der Waals surface area contributed by atoms with Crippen molar-refractivity contribution < 1.29 is 14.5 Å². The molecule has 0 bridgehead atoms. The number of nitrogens with zero attached hydrogens (tertiary/aromatic N) is 2. The normalized spacial score (nSPS) is 18.0. The molecule has 4 aromatic carbocycles. The van der Waals surface area contributed by atoms with Crippen LogP contribution in [0.1, 0.15) is 59.1 Å². The molecule has 2 aliphatic heterocycles. The maximum Gasteiger partial charge on any atom is 0.304 e. The number of allylic oxidation sites excluding steroid dienone is 5. The Kier molecular flexibility index (Phi) is 8.26. The molecule has 4 nitrogen and oxygen atoms in total. The van der Waals surface area contributed by atoms with Crippen LogP contribution in [0.15, 0.2) is 108 Å². The summed E-state index contributed by atoms with van der Waals surface area (Å²) in [4.78, 5) is 14.9. The number of hydrogen-bond acceptors (Lipinski definition) is 3. The fourth-order valence-electron chi connectivity index (χ4n) is 7.48. The van der Waals surface area contributed by atoms with Gasteiger partial charge < -0.3 is 10.0 Å². The predicted octanol–water partition coefficient (Wildman–Crippen LogP) is 9.74. The quantitative estimate of drug-likeness (QED) is 0.150. The van der Waals surface area contributed by atoms with Crippen LogP contribution in [0.25, 0.3) is 21.5 Å². The fourth-order valence-corrected chi connectivity index (χ4v) is 8.32. The first-order valence-corrected chi connectivity index (χ1v) is 17.0. The van der Waals surface area contributed by atoms with Crippen molar-refractivity contribution in [1.29, 1.82) is 0 Å². The molecule has 0 aromatic heterocycles. The number of anilines is 1. The first kappa shape index (κ1) is 30.9. The zero-order valence-electron chi connectivity index (χ0n) is 27.2. The summed E-state index contributed by atoms with van der Waals surface area (Å²) in [5.41, 5.74) is 7.40. The van der Waals surface area contributed by atoms with E-state index in [0.29, 0.717) is 5.75 Å². The number of hydrogen-bond donors (Lipinski definition) is 1. The predicted molar refractivity (Wildman–Crippen MR) is 192 cm³/mol. The van der Waals surface area contributed by atoms with Gasteiger partial charge in [-0.15, -0.1) is 11.8 Å². The number of fused-ring (bicyclic) bond motifs is 6. The number of benzene rings is 4. The molecule has 0 radical (unpaired) electrons. The van der Waals surface area contributed by atoms with Crippen LogP contribution < -0.4 is 4.90 Å². The number of carbonyl (C=O) groups is 1. The third-order valence-corrected chi connectivity index (χ3v) is 10.5. The van der Waals surface area contributed by atoms with Gasteiger partial charge in [0.05, 0.1) is 11.8 Å². The number of rotatable bonds is 9. The monoisotopic (exact) mass is 615 g/mol. The van der Waals surface area contributed by atoms with Crippen molar-refractivity contribution in [2.45, 2.75) is 58.8 Å². The second-order valence-electron chi connectivity index (χ2n) is 12.9. The molecule has 45 heavy (non-hydrogen) atoms. The molecule has 0 saturated carbocycles. The van der Waals surface area contributed by atoms with Crippen molar-refractivity contribution in [2.75, 3.05) is 23.7 Å². The molecule has 4 aromatic rings. The van der Waals surface area contributed by atoms with Gasteiger partial charge in [-0.3, -0.25) is 4.79 Å². The van der Waals surface area contributed by atoms with E-state index in [9.17, 15) is 9.90 Å². The maximum absolute atomic E-state index is 11.4. The summed E-state index contributed by atoms with van der Waals surface area (Å²) in [5, 5.41) is 14.5. The molecule has 0 atom stereocenters. The molecule has 2 heterocycles. The lowest BCUT2D eigenvalue weighted by Gasteiger charge is -2.26. The van der Waals surface area contributed by atoms with E-state index < -0.39 is 5.97 Å². The van der Waals surface area contributed by atoms with Crippen molar-refractivity contribution in [2.24, 2.45) is 0 Å². The molecule has 0 fully saturated rings. The Labute approximate surface area is 271 Å². The Morgan fingerprint density at radius 2 is 1.51 bits per heavy atom. The van der Waals surface area contributed by atoms with E-state index in [1.165, 1.54) is 55.5 Å². The van der Waals surface area contributed by atoms with Crippen molar-refractivity contribution >= 4 is 56.4 Å². The maximum atomic E-state index is 11.4. The molecule has 0 saturated heterocycles. The molecule has 6 rings (SSSR count). The van der Waals surface area contributed by atoms with Crippen LogP contribution in [-0.4, -0.2) is 40.2 Å². The summed E-state index contributed by atoms with van der Waals surface area (Å²) in [6.45, 7) is 15.4. The van der Waals surface area contributed by atoms with E-state index >= 15 is 0 Å². The van der Waals surface area contributed by atoms with Gasteiger partial charge >= 0.3 is 5.97 Å². The van der Waals surface area contributed by atoms with E-state index in [2.05, 4.69) is 148 Å². The number of thioether (sulfide) groups is 1. The van der Waals surface area contributed by atoms with Gasteiger partial charge in [-0.25, -0.2) is 0 Å². The van der Waals surface area contributed by atoms with Gasteiger partial charge in [0.2, 0.25) is 5.69 Å². The van der Waals surface area contributed by atoms with Crippen LogP contribution in [0.4, 0.5) is 11.4 Å². The number of carboxylic acids is 1. The molecule has 1 N–H and O–H groups in total. The van der Waals surface area contributed by atoms with Gasteiger partial charge in [0, 0.05) is 51.7 Å². The second-order valence-corrected chi connectivity index (χ2v) is 14.1. The molecule has 0 spiro atoms. The molecule has 0 aliphatic carbocycles. The summed E-state index contributed by atoms with van der Waals surface area (Å²) < 4.78 is 2.43. The van der Waals surface area contributed by atoms with Crippen LogP contribution >= 0.6 is 11.8 Å². The Bertz CT molecular complexity index is 1940. The van der Waals surface area contributed by atoms with Gasteiger partial charge in [-0.1, -0.05) is 68.4 Å². The number of likely N-dealkylation sites (N-methyl/N-ethyl adjacent to an activating group) is 1. The summed E-state index contributed by atoms with van der Waals surface area (Å²) in [7, 11) is 0. The minimum Gasteiger partial charge on any atom is -0.481 e. The average molecular weight is 616 g/mol. The summed E-state index contributed by atoms with van der Waals surface area (Å²) in [5.74, 6) is -0.256. The Morgan fingerprint density at radius 1 is 0.867 bits per heavy atom. The molecule has 230 valence electrons. The van der Waals surface area contributed by atoms with Gasteiger partial charge in [0.25, 0.3) is 0 Å². The average Bonchev–Trinajstić information content (AvgIpc) is 3.39. The standard InChI is InChI=1S/C40H42N2O2S/c1-7-41-32-21-17-27-13-9-11-15-30(27)37(32)39(3,4)34(41)23-19-29(45-26-25-36(43)44)20-24-35-40(5,6)38-31-16-12-10-14-28(31)18-22-33(38)42(35)8-2/h9-24H,7-8,25-26H2,1-6H3/p+1. The number of aliphatic carboxylic acids is 1. The van der Waals surface area contributed by atoms with Gasteiger partial charge in [-0.05, 0) is 85.2 Å². The Balaban J connectivity index is 1.42. The Hall–Kier alpha value is -4.09. The molecule has 5 heteroatoms. The summed E-state index contributed by atoms with van der Waals surface area (Å²) in [6, 6.07) is 26.3. The number of carboxylic acid groups (broad SMARTS) is 1. The van der Waals surface area contributed by atoms with E-state index in [1.807, 2.05) is 0 Å². The minimum atomic E-state index is -0.772. The molecule has 0 unspecified atom stereocenters. The van der Waals surface area contributed by atoms with Gasteiger partial charge in [0.1, 0.15) is 6.54 Å². The molecule has 0 amide bonds. The second kappa shape index (κ2) is 12.0. The van der Waals surface area contributed by atoms with E-state index in [0.717, 1.165) is 18.0 Å². The zero-order valence-corrected chi connectivity index (χ0v) is 28.0. The first-order valence-electron chi connectivity index (χ1n) is 16.0. The minimum absolute atomic E-state index is 0.122. The van der Waals surface area contributed by atoms with E-state index in [4.69, 9.17) is 0 Å². The third-order valence-electron chi connectivity index (χ3n) is 9.54. The molecule has 2 aliphatic rings. The highest BCUT2D eigenvalue weighted by molar-refractivity contribution is 8.03. The largest absolute Gasteiger partial charge is 0.481 e. The van der Waals surface area contributed by atoms with Crippen LogP contribution in [0.3, 0.4) is 0 Å². The first-order chi connectivity index (χ1) is 21.6. The zero-order chi connectivity index (χ0) is 31.9. The van der Waals surface area contributed by atoms with E-state index in [1.54, 1.807) is 11.8 Å². The highest BCUT2D eigenvalue weighted by Gasteiger charge is 2.45. The van der Waals surface area contributed by atoms with Crippen molar-refractivity contribution in [1.82, 2.24) is 0 Å². The van der Waals surface area contributed by atoms with Gasteiger partial charge in [-0.2, -0.15) is 4.58 Å². The Morgan fingerprint density at radius 3 is 2.16 bits per heavy atom. The lowest BCUT2D eigenvalue weighted by atomic mass is 9.79. The molecular formula is C40H43N2O2S+. The highest BCUT2D eigenvalue weighted by Crippen LogP contribution is 2.51. The molecular weight excluding hydrogens is 573 g/mol. The van der Waals surface area contributed by atoms with Crippen molar-refractivity contribution in [3.8, 4) is 0 Å². The van der Waals surface area contributed by atoms with Crippen LogP contribution in [-0.2, 0) is 15.6 Å². The SMILES string of the molecule is CCN1C(=CC=C(C=CC2=[N+](CC)c3ccc4ccccc4c3C2(C)C)SCCC(=O)O)C(C)(C)c2c1ccc1ccccc21. The van der Waals surface area contributed by atoms with Crippen molar-refractivity contribution in [3.63, 3.8) is 0 Å². The third kappa shape index (κ3) is 5.31. The topological polar surface area (TPSA) is 43.5 Å². The van der Waals surface area contributed by atoms with Gasteiger partial charge in [0.15, 0.2) is 5.71 Å². The highest BCUT2D eigenvalue weighted by atomic mass is 32.2. The smallest absolute Gasteiger partial charge is 0.304 e. The lowest BCUT2D eigenvalue weighted by Crippen LogP contribution is -2.27. The van der Waals surface area contributed by atoms with Crippen molar-refractivity contribution in [3.05, 3.63) is 119 Å². The van der Waals surface area contributed by atoms with Crippen LogP contribution in [0.2, 0.25) is 0 Å². The van der Waals surface area contributed by atoms with E-state index in [-0.39, 0.29) is 17.3 Å². The summed E-state index contributed by atoms with van der Waals surface area (Å²) in [6.07, 6.45) is 9.03. The lowest BCUT2D eigenvalue weighted by molar-refractivity contribution is -0.433. The fraction of sp³-hybridized carbons (Fsp3) is 0.300. The van der Waals surface area contributed by atoms with Crippen LogP contribution in [0, 0.1) is 0 Å². The summed E-state index contributed by atoms with van der Waals surface area (Å²) >= 11 is 1.61. The van der Waals surface area contributed by atoms with Crippen LogP contribution in [0.5, 0.6) is 0 Å².